The van der Waals surface area contributed by atoms with E-state index in [4.69, 9.17) is 5.41 Å². The number of hydrogen-bond donors (Lipinski definition) is 0. The van der Waals surface area contributed by atoms with Crippen molar-refractivity contribution in [2.24, 2.45) is 4.99 Å². The molecule has 8 heavy (non-hydrogen) atoms. The minimum atomic E-state index is 0.787. The molecule has 0 unspecified atom stereocenters. The number of aliphatic imine (C=N–C) groups is 1. The van der Waals surface area contributed by atoms with E-state index < -0.39 is 0 Å². The van der Waals surface area contributed by atoms with Crippen LogP contribution in [0, 0.1) is 0 Å². The van der Waals surface area contributed by atoms with E-state index >= 15 is 0 Å². The van der Waals surface area contributed by atoms with Crippen LogP contribution in [-0.4, -0.2) is 12.1 Å². The van der Waals surface area contributed by atoms with E-state index in [9.17, 15) is 0 Å². The molecule has 0 saturated carbocycles. The van der Waals surface area contributed by atoms with Crippen molar-refractivity contribution in [3.8, 4) is 0 Å². The van der Waals surface area contributed by atoms with Crippen molar-refractivity contribution in [1.82, 2.24) is 0 Å². The summed E-state index contributed by atoms with van der Waals surface area (Å²) in [5.41, 5.74) is 0.801. The van der Waals surface area contributed by atoms with E-state index in [1.54, 1.807) is 0 Å². The minimum absolute atomic E-state index is 0.787. The van der Waals surface area contributed by atoms with Crippen LogP contribution in [0.25, 0.3) is 5.41 Å². The van der Waals surface area contributed by atoms with Gasteiger partial charge in [0.05, 0.1) is 0 Å². The Labute approximate surface area is 49.5 Å². The zero-order chi connectivity index (χ0) is 6.41. The Morgan fingerprint density at radius 2 is 2.25 bits per heavy atom. The van der Waals surface area contributed by atoms with Crippen LogP contribution in [0.2, 0.25) is 0 Å². The third-order valence-corrected chi connectivity index (χ3v) is 0.669. The van der Waals surface area contributed by atoms with E-state index in [0.29, 0.717) is 0 Å². The van der Waals surface area contributed by atoms with Gasteiger partial charge in [0, 0.05) is 0 Å². The number of hydrogen-bond acceptors (Lipinski definition) is 0. The largest absolute Gasteiger partial charge is 0.472 e. The molecular weight excluding hydrogens is 100 g/mol. The SMILES string of the molecule is C/C=C\C(C)=NC=[N-]. The van der Waals surface area contributed by atoms with Crippen LogP contribution in [0.5, 0.6) is 0 Å². The molecule has 0 aromatic rings. The van der Waals surface area contributed by atoms with Gasteiger partial charge in [-0.1, -0.05) is 17.9 Å². The number of nitrogens with zero attached hydrogens (tertiary/aromatic N) is 2. The second-order valence-corrected chi connectivity index (χ2v) is 1.39. The van der Waals surface area contributed by atoms with Gasteiger partial charge in [-0.05, 0) is 13.8 Å². The molecule has 0 spiro atoms. The Kier molecular flexibility index (Phi) is 3.76. The fraction of sp³-hybridized carbons (Fsp3) is 0.333. The van der Waals surface area contributed by atoms with Gasteiger partial charge in [0.1, 0.15) is 0 Å². The maximum absolute atomic E-state index is 8.12. The Morgan fingerprint density at radius 3 is 2.62 bits per heavy atom. The van der Waals surface area contributed by atoms with Crippen LogP contribution < -0.4 is 0 Å². The summed E-state index contributed by atoms with van der Waals surface area (Å²) in [5.74, 6) is 0. The Bertz CT molecular complexity index is 122. The lowest BCUT2D eigenvalue weighted by molar-refractivity contribution is 1.67. The smallest absolute Gasteiger partial charge is 0.0437 e. The maximum atomic E-state index is 8.12. The average molecular weight is 109 g/mol. The third kappa shape index (κ3) is 3.28. The normalized spacial score (nSPS) is 12.5. The molecule has 44 valence electrons. The number of rotatable bonds is 2. The fourth-order valence-electron chi connectivity index (χ4n) is 0.375. The summed E-state index contributed by atoms with van der Waals surface area (Å²) in [6, 6.07) is 0. The summed E-state index contributed by atoms with van der Waals surface area (Å²) in [4.78, 5) is 3.57. The zero-order valence-electron chi connectivity index (χ0n) is 5.13. The molecule has 0 radical (unpaired) electrons. The molecule has 0 atom stereocenters. The summed E-state index contributed by atoms with van der Waals surface area (Å²) >= 11 is 0. The van der Waals surface area contributed by atoms with Gasteiger partial charge in [0.25, 0.3) is 0 Å². The molecule has 0 bridgehead atoms. The van der Waals surface area contributed by atoms with E-state index in [-0.39, 0.29) is 0 Å². The molecule has 0 saturated heterocycles. The van der Waals surface area contributed by atoms with E-state index in [1.165, 1.54) is 0 Å². The van der Waals surface area contributed by atoms with Crippen molar-refractivity contribution >= 4 is 12.1 Å². The van der Waals surface area contributed by atoms with Crippen molar-refractivity contribution in [2.75, 3.05) is 0 Å². The molecule has 0 aliphatic rings. The molecule has 0 fully saturated rings. The van der Waals surface area contributed by atoms with Gasteiger partial charge in [0.15, 0.2) is 0 Å². The Balaban J connectivity index is 3.79. The van der Waals surface area contributed by atoms with Gasteiger partial charge < -0.3 is 10.4 Å². The Morgan fingerprint density at radius 1 is 1.62 bits per heavy atom. The van der Waals surface area contributed by atoms with Crippen LogP contribution in [-0.2, 0) is 0 Å². The van der Waals surface area contributed by atoms with Crippen LogP contribution in [0.15, 0.2) is 17.1 Å². The topological polar surface area (TPSA) is 34.7 Å². The van der Waals surface area contributed by atoms with E-state index in [0.717, 1.165) is 12.1 Å². The van der Waals surface area contributed by atoms with Gasteiger partial charge in [-0.25, -0.2) is 0 Å². The lowest BCUT2D eigenvalue weighted by Gasteiger charge is -1.92. The fourth-order valence-corrected chi connectivity index (χ4v) is 0.375. The molecule has 0 aliphatic carbocycles. The van der Waals surface area contributed by atoms with E-state index in [2.05, 4.69) is 4.99 Å². The highest BCUT2D eigenvalue weighted by Crippen LogP contribution is 1.76. The highest BCUT2D eigenvalue weighted by molar-refractivity contribution is 5.97. The average Bonchev–Trinajstić information content (AvgIpc) is 1.68. The van der Waals surface area contributed by atoms with Gasteiger partial charge >= 0.3 is 0 Å². The molecule has 0 amide bonds. The van der Waals surface area contributed by atoms with Gasteiger partial charge in [-0.2, -0.15) is 0 Å². The molecule has 0 aromatic carbocycles. The van der Waals surface area contributed by atoms with Crippen LogP contribution >= 0.6 is 0 Å². The van der Waals surface area contributed by atoms with Gasteiger partial charge in [0.2, 0.25) is 0 Å². The zero-order valence-corrected chi connectivity index (χ0v) is 5.13. The summed E-state index contributed by atoms with van der Waals surface area (Å²) in [6.45, 7) is 3.71. The molecule has 0 heterocycles. The van der Waals surface area contributed by atoms with Crippen LogP contribution in [0.4, 0.5) is 0 Å². The lowest BCUT2D eigenvalue weighted by atomic mass is 10.4. The highest BCUT2D eigenvalue weighted by atomic mass is 14.7. The van der Waals surface area contributed by atoms with Crippen LogP contribution in [0.1, 0.15) is 13.8 Å². The maximum Gasteiger partial charge on any atom is -0.0437 e. The molecular formula is C6H9N2-. The lowest BCUT2D eigenvalue weighted by Crippen LogP contribution is -1.81. The molecule has 2 nitrogen and oxygen atoms in total. The molecule has 0 aliphatic heterocycles. The van der Waals surface area contributed by atoms with Gasteiger partial charge in [-0.15, -0.1) is 6.34 Å². The second-order valence-electron chi connectivity index (χ2n) is 1.39. The second kappa shape index (κ2) is 4.24. The minimum Gasteiger partial charge on any atom is -0.472 e. The summed E-state index contributed by atoms with van der Waals surface area (Å²) in [7, 11) is 0. The predicted molar refractivity (Wildman–Crippen MR) is 37.3 cm³/mol. The molecule has 0 aromatic heterocycles. The molecule has 2 heteroatoms. The summed E-state index contributed by atoms with van der Waals surface area (Å²) in [6.07, 6.45) is 4.46. The van der Waals surface area contributed by atoms with Crippen molar-refractivity contribution in [1.29, 1.82) is 0 Å². The first-order valence-corrected chi connectivity index (χ1v) is 2.44. The first kappa shape index (κ1) is 7.08. The molecule has 0 rings (SSSR count). The van der Waals surface area contributed by atoms with Gasteiger partial charge in [-0.3, -0.25) is 0 Å². The molecule has 0 N–H and O–H groups in total. The van der Waals surface area contributed by atoms with E-state index in [1.807, 2.05) is 26.0 Å². The first-order chi connectivity index (χ1) is 3.81. The number of allylic oxidation sites excluding steroid dienone is 2. The van der Waals surface area contributed by atoms with Crippen molar-refractivity contribution in [3.05, 3.63) is 17.6 Å². The highest BCUT2D eigenvalue weighted by Gasteiger charge is 1.65. The standard InChI is InChI=1S/C6H9N2/c1-3-4-6(2)8-5-7/h3-5H,1-2H3/q-1/b4-3-,8-6?. The predicted octanol–water partition coefficient (Wildman–Crippen LogP) is 1.62. The monoisotopic (exact) mass is 109 g/mol. The van der Waals surface area contributed by atoms with Crippen molar-refractivity contribution < 1.29 is 0 Å². The van der Waals surface area contributed by atoms with Crippen molar-refractivity contribution in [3.63, 3.8) is 0 Å². The Hall–Kier alpha value is -0.920. The first-order valence-electron chi connectivity index (χ1n) is 2.44. The quantitative estimate of drug-likeness (QED) is 0.381. The third-order valence-electron chi connectivity index (χ3n) is 0.669. The summed E-state index contributed by atoms with van der Waals surface area (Å²) < 4.78 is 0. The van der Waals surface area contributed by atoms with Crippen molar-refractivity contribution in [2.45, 2.75) is 13.8 Å². The van der Waals surface area contributed by atoms with Crippen LogP contribution in [0.3, 0.4) is 0 Å². The summed E-state index contributed by atoms with van der Waals surface area (Å²) in [5, 5.41) is 8.12.